The van der Waals surface area contributed by atoms with Gasteiger partial charge in [-0.2, -0.15) is 4.98 Å². The van der Waals surface area contributed by atoms with E-state index >= 15 is 0 Å². The van der Waals surface area contributed by atoms with Gasteiger partial charge in [0.25, 0.3) is 5.91 Å². The van der Waals surface area contributed by atoms with Crippen molar-refractivity contribution in [2.45, 2.75) is 19.4 Å². The van der Waals surface area contributed by atoms with Gasteiger partial charge >= 0.3 is 0 Å². The summed E-state index contributed by atoms with van der Waals surface area (Å²) >= 11 is 5.93. The molecule has 1 heterocycles. The van der Waals surface area contributed by atoms with E-state index in [-0.39, 0.29) is 12.5 Å². The third-order valence-corrected chi connectivity index (χ3v) is 5.32. The van der Waals surface area contributed by atoms with Crippen LogP contribution in [0.5, 0.6) is 0 Å². The summed E-state index contributed by atoms with van der Waals surface area (Å²) in [7, 11) is 1.74. The molecule has 0 unspecified atom stereocenters. The molecule has 1 amide bonds. The van der Waals surface area contributed by atoms with Crippen molar-refractivity contribution in [3.8, 4) is 11.4 Å². The maximum Gasteiger partial charge on any atom is 0.254 e. The van der Waals surface area contributed by atoms with Crippen molar-refractivity contribution in [3.05, 3.63) is 106 Å². The third kappa shape index (κ3) is 5.19. The Morgan fingerprint density at radius 3 is 2.42 bits per heavy atom. The number of aryl methyl sites for hydroxylation is 2. The Balaban J connectivity index is 1.44. The first-order chi connectivity index (χ1) is 15.1. The van der Waals surface area contributed by atoms with Gasteiger partial charge in [0, 0.05) is 23.2 Å². The normalized spacial score (nSPS) is 10.8. The van der Waals surface area contributed by atoms with Crippen LogP contribution in [-0.4, -0.2) is 28.0 Å². The Labute approximate surface area is 186 Å². The molecule has 0 spiro atoms. The Morgan fingerprint density at radius 2 is 1.65 bits per heavy atom. The molecule has 4 rings (SSSR count). The minimum Gasteiger partial charge on any atom is -0.337 e. The minimum absolute atomic E-state index is 0.0742. The largest absolute Gasteiger partial charge is 0.337 e. The fraction of sp³-hybridized carbons (Fsp3) is 0.160. The van der Waals surface area contributed by atoms with E-state index in [9.17, 15) is 4.79 Å². The molecule has 0 N–H and O–H groups in total. The highest BCUT2D eigenvalue weighted by molar-refractivity contribution is 6.30. The first-order valence-electron chi connectivity index (χ1n) is 10.1. The van der Waals surface area contributed by atoms with Crippen molar-refractivity contribution in [3.63, 3.8) is 0 Å². The third-order valence-electron chi connectivity index (χ3n) is 5.06. The lowest BCUT2D eigenvalue weighted by Crippen LogP contribution is -2.27. The van der Waals surface area contributed by atoms with E-state index in [1.807, 2.05) is 54.6 Å². The quantitative estimate of drug-likeness (QED) is 0.390. The van der Waals surface area contributed by atoms with Crippen molar-refractivity contribution in [1.29, 1.82) is 0 Å². The topological polar surface area (TPSA) is 59.2 Å². The van der Waals surface area contributed by atoms with Crippen LogP contribution in [0.15, 0.2) is 83.4 Å². The lowest BCUT2D eigenvalue weighted by molar-refractivity contribution is 0.0768. The molecule has 0 saturated heterocycles. The number of carbonyl (C=O) groups is 1. The fourth-order valence-corrected chi connectivity index (χ4v) is 3.51. The van der Waals surface area contributed by atoms with Crippen molar-refractivity contribution >= 4 is 17.5 Å². The van der Waals surface area contributed by atoms with Gasteiger partial charge in [-0.15, -0.1) is 0 Å². The van der Waals surface area contributed by atoms with Gasteiger partial charge in [-0.3, -0.25) is 4.79 Å². The molecule has 0 radical (unpaired) electrons. The second kappa shape index (κ2) is 9.58. The van der Waals surface area contributed by atoms with Gasteiger partial charge in [-0.1, -0.05) is 65.3 Å². The van der Waals surface area contributed by atoms with Gasteiger partial charge in [0.1, 0.15) is 0 Å². The summed E-state index contributed by atoms with van der Waals surface area (Å²) < 4.78 is 5.35. The van der Waals surface area contributed by atoms with Crippen LogP contribution in [0.4, 0.5) is 0 Å². The summed E-state index contributed by atoms with van der Waals surface area (Å²) in [6.45, 7) is 0.229. The molecule has 3 aromatic carbocycles. The second-order valence-corrected chi connectivity index (χ2v) is 7.76. The van der Waals surface area contributed by atoms with E-state index in [2.05, 4.69) is 22.3 Å². The molecule has 0 bridgehead atoms. The molecule has 4 aromatic rings. The molecule has 0 aliphatic carbocycles. The number of benzene rings is 3. The Kier molecular flexibility index (Phi) is 6.43. The van der Waals surface area contributed by atoms with Crippen molar-refractivity contribution in [2.24, 2.45) is 0 Å². The molecule has 0 aliphatic rings. The molecule has 0 atom stereocenters. The SMILES string of the molecule is CN(Cc1nc(-c2ccc(Cl)cc2)no1)C(=O)c1ccccc1CCc1ccccc1. The Hall–Kier alpha value is -3.44. The number of aromatic nitrogens is 2. The predicted molar refractivity (Wildman–Crippen MR) is 121 cm³/mol. The van der Waals surface area contributed by atoms with Crippen LogP contribution in [0.2, 0.25) is 5.02 Å². The van der Waals surface area contributed by atoms with E-state index in [4.69, 9.17) is 16.1 Å². The van der Waals surface area contributed by atoms with Crippen LogP contribution >= 0.6 is 11.6 Å². The number of hydrogen-bond donors (Lipinski definition) is 0. The maximum absolute atomic E-state index is 13.1. The van der Waals surface area contributed by atoms with Crippen LogP contribution in [-0.2, 0) is 19.4 Å². The molecule has 156 valence electrons. The predicted octanol–water partition coefficient (Wildman–Crippen LogP) is 5.45. The summed E-state index contributed by atoms with van der Waals surface area (Å²) in [5.74, 6) is 0.772. The number of hydrogen-bond acceptors (Lipinski definition) is 4. The standard InChI is InChI=1S/C25H22ClN3O2/c1-29(17-23-27-24(28-31-23)20-13-15-21(26)16-14-20)25(30)22-10-6-5-9-19(22)12-11-18-7-3-2-4-8-18/h2-10,13-16H,11-12,17H2,1H3. The molecule has 5 nitrogen and oxygen atoms in total. The number of amides is 1. The summed E-state index contributed by atoms with van der Waals surface area (Å²) in [6, 6.07) is 25.2. The zero-order chi connectivity index (χ0) is 21.6. The van der Waals surface area contributed by atoms with Gasteiger partial charge in [-0.05, 0) is 54.3 Å². The molecular weight excluding hydrogens is 410 g/mol. The average molecular weight is 432 g/mol. The van der Waals surface area contributed by atoms with E-state index < -0.39 is 0 Å². The zero-order valence-corrected chi connectivity index (χ0v) is 17.9. The van der Waals surface area contributed by atoms with Crippen molar-refractivity contribution in [2.75, 3.05) is 7.05 Å². The minimum atomic E-state index is -0.0742. The smallest absolute Gasteiger partial charge is 0.254 e. The molecule has 0 fully saturated rings. The summed E-state index contributed by atoms with van der Waals surface area (Å²) in [4.78, 5) is 19.1. The molecule has 1 aromatic heterocycles. The molecular formula is C25H22ClN3O2. The number of carbonyl (C=O) groups excluding carboxylic acids is 1. The maximum atomic E-state index is 13.1. The zero-order valence-electron chi connectivity index (χ0n) is 17.2. The van der Waals surface area contributed by atoms with Crippen LogP contribution in [0.1, 0.15) is 27.4 Å². The average Bonchev–Trinajstić information content (AvgIpc) is 3.27. The fourth-order valence-electron chi connectivity index (χ4n) is 3.39. The van der Waals surface area contributed by atoms with Crippen molar-refractivity contribution < 1.29 is 9.32 Å². The Bertz CT molecular complexity index is 1160. The lowest BCUT2D eigenvalue weighted by Gasteiger charge is -2.17. The highest BCUT2D eigenvalue weighted by Crippen LogP contribution is 2.20. The molecule has 6 heteroatoms. The van der Waals surface area contributed by atoms with Gasteiger partial charge in [-0.25, -0.2) is 0 Å². The summed E-state index contributed by atoms with van der Waals surface area (Å²) in [5, 5.41) is 4.66. The van der Waals surface area contributed by atoms with Gasteiger partial charge in [0.15, 0.2) is 0 Å². The van der Waals surface area contributed by atoms with Crippen LogP contribution in [0, 0.1) is 0 Å². The summed E-state index contributed by atoms with van der Waals surface area (Å²) in [6.07, 6.45) is 1.67. The molecule has 0 aliphatic heterocycles. The van der Waals surface area contributed by atoms with E-state index in [1.54, 1.807) is 24.1 Å². The highest BCUT2D eigenvalue weighted by atomic mass is 35.5. The number of halogens is 1. The van der Waals surface area contributed by atoms with E-state index in [0.717, 1.165) is 24.0 Å². The van der Waals surface area contributed by atoms with Gasteiger partial charge in [0.05, 0.1) is 6.54 Å². The molecule has 0 saturated carbocycles. The van der Waals surface area contributed by atoms with Crippen LogP contribution in [0.25, 0.3) is 11.4 Å². The van der Waals surface area contributed by atoms with Crippen LogP contribution in [0.3, 0.4) is 0 Å². The van der Waals surface area contributed by atoms with Gasteiger partial charge in [0.2, 0.25) is 11.7 Å². The summed E-state index contributed by atoms with van der Waals surface area (Å²) in [5.41, 5.74) is 3.77. The lowest BCUT2D eigenvalue weighted by atomic mass is 9.99. The monoisotopic (exact) mass is 431 g/mol. The highest BCUT2D eigenvalue weighted by Gasteiger charge is 2.18. The first-order valence-corrected chi connectivity index (χ1v) is 10.4. The first kappa shape index (κ1) is 20.8. The van der Waals surface area contributed by atoms with Crippen molar-refractivity contribution in [1.82, 2.24) is 15.0 Å². The van der Waals surface area contributed by atoms with Gasteiger partial charge < -0.3 is 9.42 Å². The molecule has 31 heavy (non-hydrogen) atoms. The Morgan fingerprint density at radius 1 is 0.935 bits per heavy atom. The second-order valence-electron chi connectivity index (χ2n) is 7.32. The number of nitrogens with zero attached hydrogens (tertiary/aromatic N) is 3. The van der Waals surface area contributed by atoms with E-state index in [0.29, 0.717) is 22.3 Å². The van der Waals surface area contributed by atoms with Crippen LogP contribution < -0.4 is 0 Å². The van der Waals surface area contributed by atoms with E-state index in [1.165, 1.54) is 5.56 Å². The number of rotatable bonds is 7.